The molecule has 0 radical (unpaired) electrons. The first-order valence-corrected chi connectivity index (χ1v) is 6.86. The van der Waals surface area contributed by atoms with Crippen molar-refractivity contribution >= 4 is 0 Å². The molecule has 1 aromatic rings. The van der Waals surface area contributed by atoms with Crippen molar-refractivity contribution in [2.75, 3.05) is 33.7 Å². The van der Waals surface area contributed by atoms with E-state index in [1.165, 1.54) is 11.3 Å². The predicted octanol–water partition coefficient (Wildman–Crippen LogP) is 1.01. The van der Waals surface area contributed by atoms with Crippen molar-refractivity contribution < 1.29 is 4.42 Å². The lowest BCUT2D eigenvalue weighted by molar-refractivity contribution is 0.206. The summed E-state index contributed by atoms with van der Waals surface area (Å²) in [7, 11) is 4.29. The van der Waals surface area contributed by atoms with Gasteiger partial charge in [0.05, 0.1) is 6.54 Å². The summed E-state index contributed by atoms with van der Waals surface area (Å²) in [5.41, 5.74) is 7.51. The molecule has 0 aromatic carbocycles. The van der Waals surface area contributed by atoms with Crippen LogP contribution in [0, 0.1) is 0 Å². The molecule has 1 fully saturated rings. The first-order valence-electron chi connectivity index (χ1n) is 6.86. The number of hydrogen-bond acceptors (Lipinski definition) is 4. The van der Waals surface area contributed by atoms with Gasteiger partial charge in [0.15, 0.2) is 0 Å². The van der Waals surface area contributed by atoms with Gasteiger partial charge in [0, 0.05) is 31.6 Å². The van der Waals surface area contributed by atoms with Crippen molar-refractivity contribution in [1.29, 1.82) is 0 Å². The SMILES string of the molecule is CN1CCc2cc(C3CC(N)CN(C)C3)oc2C1. The van der Waals surface area contributed by atoms with Crippen molar-refractivity contribution in [1.82, 2.24) is 9.80 Å². The molecule has 0 saturated carbocycles. The van der Waals surface area contributed by atoms with Gasteiger partial charge in [-0.15, -0.1) is 0 Å². The van der Waals surface area contributed by atoms with E-state index < -0.39 is 0 Å². The Labute approximate surface area is 109 Å². The zero-order valence-electron chi connectivity index (χ0n) is 11.4. The molecular weight excluding hydrogens is 226 g/mol. The summed E-state index contributed by atoms with van der Waals surface area (Å²) in [6.07, 6.45) is 2.16. The standard InChI is InChI=1S/C14H23N3O/c1-16-4-3-10-6-13(18-14(10)9-16)11-5-12(15)8-17(2)7-11/h6,11-12H,3-5,7-9,15H2,1-2H3. The van der Waals surface area contributed by atoms with Crippen molar-refractivity contribution in [3.05, 3.63) is 23.2 Å². The topological polar surface area (TPSA) is 45.6 Å². The fraction of sp³-hybridized carbons (Fsp3) is 0.714. The number of nitrogens with zero attached hydrogens (tertiary/aromatic N) is 2. The molecular formula is C14H23N3O. The normalized spacial score (nSPS) is 30.4. The molecule has 0 spiro atoms. The molecule has 4 nitrogen and oxygen atoms in total. The monoisotopic (exact) mass is 249 g/mol. The molecule has 2 N–H and O–H groups in total. The van der Waals surface area contributed by atoms with Gasteiger partial charge >= 0.3 is 0 Å². The molecule has 1 aromatic heterocycles. The fourth-order valence-electron chi connectivity index (χ4n) is 3.24. The largest absolute Gasteiger partial charge is 0.464 e. The van der Waals surface area contributed by atoms with Gasteiger partial charge in [-0.25, -0.2) is 0 Å². The number of furan rings is 1. The molecule has 0 amide bonds. The predicted molar refractivity (Wildman–Crippen MR) is 71.6 cm³/mol. The maximum absolute atomic E-state index is 6.11. The van der Waals surface area contributed by atoms with Crippen molar-refractivity contribution in [2.24, 2.45) is 5.73 Å². The van der Waals surface area contributed by atoms with Crippen LogP contribution in [-0.4, -0.2) is 49.6 Å². The Morgan fingerprint density at radius 3 is 2.89 bits per heavy atom. The number of likely N-dealkylation sites (tertiary alicyclic amines) is 1. The minimum absolute atomic E-state index is 0.276. The molecule has 2 atom stereocenters. The fourth-order valence-corrected chi connectivity index (χ4v) is 3.24. The summed E-state index contributed by atoms with van der Waals surface area (Å²) in [4.78, 5) is 4.63. The average Bonchev–Trinajstić information content (AvgIpc) is 2.70. The van der Waals surface area contributed by atoms with Gasteiger partial charge in [-0.05, 0) is 38.6 Å². The van der Waals surface area contributed by atoms with E-state index in [9.17, 15) is 0 Å². The van der Waals surface area contributed by atoms with E-state index in [4.69, 9.17) is 10.2 Å². The van der Waals surface area contributed by atoms with Gasteiger partial charge < -0.3 is 15.1 Å². The highest BCUT2D eigenvalue weighted by Crippen LogP contribution is 2.31. The van der Waals surface area contributed by atoms with Crippen molar-refractivity contribution in [3.8, 4) is 0 Å². The minimum atomic E-state index is 0.276. The highest BCUT2D eigenvalue weighted by atomic mass is 16.3. The van der Waals surface area contributed by atoms with Gasteiger partial charge in [-0.3, -0.25) is 4.90 Å². The van der Waals surface area contributed by atoms with Crippen molar-refractivity contribution in [3.63, 3.8) is 0 Å². The van der Waals surface area contributed by atoms with E-state index in [0.717, 1.165) is 44.8 Å². The molecule has 2 aliphatic rings. The Balaban J connectivity index is 1.80. The van der Waals surface area contributed by atoms with Crippen LogP contribution in [0.2, 0.25) is 0 Å². The molecule has 3 rings (SSSR count). The number of nitrogens with two attached hydrogens (primary N) is 1. The van der Waals surface area contributed by atoms with Crippen LogP contribution >= 0.6 is 0 Å². The van der Waals surface area contributed by atoms with E-state index in [2.05, 4.69) is 30.0 Å². The van der Waals surface area contributed by atoms with Crippen LogP contribution in [0.15, 0.2) is 10.5 Å². The summed E-state index contributed by atoms with van der Waals surface area (Å²) >= 11 is 0. The number of rotatable bonds is 1. The van der Waals surface area contributed by atoms with Gasteiger partial charge in [0.25, 0.3) is 0 Å². The number of likely N-dealkylation sites (N-methyl/N-ethyl adjacent to an activating group) is 2. The zero-order chi connectivity index (χ0) is 12.7. The minimum Gasteiger partial charge on any atom is -0.464 e. The molecule has 18 heavy (non-hydrogen) atoms. The maximum Gasteiger partial charge on any atom is 0.121 e. The van der Waals surface area contributed by atoms with Crippen LogP contribution in [0.3, 0.4) is 0 Å². The molecule has 2 unspecified atom stereocenters. The smallest absolute Gasteiger partial charge is 0.121 e. The second kappa shape index (κ2) is 4.68. The molecule has 0 aliphatic carbocycles. The quantitative estimate of drug-likeness (QED) is 0.807. The first-order chi connectivity index (χ1) is 8.61. The van der Waals surface area contributed by atoms with Crippen LogP contribution in [0.5, 0.6) is 0 Å². The van der Waals surface area contributed by atoms with Gasteiger partial charge in [0.1, 0.15) is 11.5 Å². The summed E-state index contributed by atoms with van der Waals surface area (Å²) in [5, 5.41) is 0. The number of fused-ring (bicyclic) bond motifs is 1. The summed E-state index contributed by atoms with van der Waals surface area (Å²) < 4.78 is 6.09. The van der Waals surface area contributed by atoms with Crippen LogP contribution in [0.4, 0.5) is 0 Å². The Kier molecular flexibility index (Phi) is 3.18. The van der Waals surface area contributed by atoms with Crippen LogP contribution in [-0.2, 0) is 13.0 Å². The zero-order valence-corrected chi connectivity index (χ0v) is 11.4. The van der Waals surface area contributed by atoms with E-state index in [1.54, 1.807) is 0 Å². The van der Waals surface area contributed by atoms with E-state index in [1.807, 2.05) is 0 Å². The van der Waals surface area contributed by atoms with Gasteiger partial charge in [-0.1, -0.05) is 0 Å². The van der Waals surface area contributed by atoms with E-state index in [-0.39, 0.29) is 6.04 Å². The third-order valence-corrected chi connectivity index (χ3v) is 4.16. The van der Waals surface area contributed by atoms with Gasteiger partial charge in [-0.2, -0.15) is 0 Å². The molecule has 0 bridgehead atoms. The average molecular weight is 249 g/mol. The highest BCUT2D eigenvalue weighted by molar-refractivity contribution is 5.26. The second-order valence-corrected chi connectivity index (χ2v) is 6.00. The highest BCUT2D eigenvalue weighted by Gasteiger charge is 2.28. The molecule has 100 valence electrons. The van der Waals surface area contributed by atoms with Crippen LogP contribution in [0.1, 0.15) is 29.4 Å². The molecule has 1 saturated heterocycles. The molecule has 3 heterocycles. The number of hydrogen-bond donors (Lipinski definition) is 1. The van der Waals surface area contributed by atoms with Crippen LogP contribution in [0.25, 0.3) is 0 Å². The summed E-state index contributed by atoms with van der Waals surface area (Å²) in [6, 6.07) is 2.55. The van der Waals surface area contributed by atoms with E-state index >= 15 is 0 Å². The van der Waals surface area contributed by atoms with Gasteiger partial charge in [0.2, 0.25) is 0 Å². The first kappa shape index (κ1) is 12.2. The number of piperidine rings is 1. The summed E-state index contributed by atoms with van der Waals surface area (Å²) in [6.45, 7) is 4.15. The lowest BCUT2D eigenvalue weighted by Crippen LogP contribution is -2.44. The van der Waals surface area contributed by atoms with E-state index in [0.29, 0.717) is 5.92 Å². The Morgan fingerprint density at radius 2 is 2.11 bits per heavy atom. The molecule has 4 heteroatoms. The lowest BCUT2D eigenvalue weighted by Gasteiger charge is -2.32. The summed E-state index contributed by atoms with van der Waals surface area (Å²) in [5.74, 6) is 2.78. The third-order valence-electron chi connectivity index (χ3n) is 4.16. The third kappa shape index (κ3) is 2.32. The molecule has 2 aliphatic heterocycles. The Bertz CT molecular complexity index is 419. The van der Waals surface area contributed by atoms with Crippen molar-refractivity contribution in [2.45, 2.75) is 31.3 Å². The lowest BCUT2D eigenvalue weighted by atomic mass is 9.92. The second-order valence-electron chi connectivity index (χ2n) is 6.00. The Morgan fingerprint density at radius 1 is 1.28 bits per heavy atom. The Hall–Kier alpha value is -0.840. The van der Waals surface area contributed by atoms with Crippen LogP contribution < -0.4 is 5.73 Å². The maximum atomic E-state index is 6.11.